The molecule has 5 aromatic rings. The van der Waals surface area contributed by atoms with E-state index in [1.54, 1.807) is 31.1 Å². The van der Waals surface area contributed by atoms with Crippen LogP contribution in [0, 0.1) is 5.82 Å². The Morgan fingerprint density at radius 2 is 1.95 bits per heavy atom. The van der Waals surface area contributed by atoms with Gasteiger partial charge in [0.15, 0.2) is 5.01 Å². The van der Waals surface area contributed by atoms with Crippen molar-refractivity contribution in [2.45, 2.75) is 18.8 Å². The van der Waals surface area contributed by atoms with Crippen LogP contribution in [0.3, 0.4) is 0 Å². The van der Waals surface area contributed by atoms with Crippen LogP contribution >= 0.6 is 23.3 Å². The first-order valence-electron chi connectivity index (χ1n) is 13.4. The van der Waals surface area contributed by atoms with Crippen molar-refractivity contribution < 1.29 is 18.4 Å². The summed E-state index contributed by atoms with van der Waals surface area (Å²) in [6.45, 7) is 1.22. The van der Waals surface area contributed by atoms with E-state index < -0.39 is 0 Å². The number of nitrogens with one attached hydrogen (secondary N) is 1. The molecule has 1 N–H and O–H groups in total. The van der Waals surface area contributed by atoms with Crippen LogP contribution in [0.1, 0.15) is 44.5 Å². The Hall–Kier alpha value is -3.89. The summed E-state index contributed by atoms with van der Waals surface area (Å²) < 4.78 is 23.0. The summed E-state index contributed by atoms with van der Waals surface area (Å²) in [7, 11) is 3.57. The molecule has 3 aromatic carbocycles. The van der Waals surface area contributed by atoms with Crippen molar-refractivity contribution in [3.63, 3.8) is 0 Å². The minimum Gasteiger partial charge on any atom is -0.455 e. The Morgan fingerprint density at radius 1 is 1.17 bits per heavy atom. The van der Waals surface area contributed by atoms with Gasteiger partial charge in [0.1, 0.15) is 17.2 Å². The topological polar surface area (TPSA) is 78.7 Å². The van der Waals surface area contributed by atoms with Crippen molar-refractivity contribution >= 4 is 62.0 Å². The molecule has 2 aromatic heterocycles. The zero-order valence-corrected chi connectivity index (χ0v) is 24.6. The molecule has 0 aliphatic carbocycles. The van der Waals surface area contributed by atoms with E-state index in [1.807, 2.05) is 54.6 Å². The van der Waals surface area contributed by atoms with E-state index in [9.17, 15) is 14.0 Å². The fourth-order valence-electron chi connectivity index (χ4n) is 5.52. The van der Waals surface area contributed by atoms with Gasteiger partial charge in [0.05, 0.1) is 21.5 Å². The molecule has 3 heterocycles. The average Bonchev–Trinajstić information content (AvgIpc) is 3.61. The molecular weight excluding hydrogens is 559 g/mol. The lowest BCUT2D eigenvalue weighted by atomic mass is 9.88. The lowest BCUT2D eigenvalue weighted by Crippen LogP contribution is -2.39. The molecule has 0 spiro atoms. The molecule has 1 aliphatic rings. The van der Waals surface area contributed by atoms with Crippen LogP contribution in [-0.4, -0.2) is 55.1 Å². The summed E-state index contributed by atoms with van der Waals surface area (Å²) in [6.07, 6.45) is 3.76. The molecule has 1 fully saturated rings. The Balaban J connectivity index is 1.42. The van der Waals surface area contributed by atoms with Crippen LogP contribution < -0.4 is 9.62 Å². The lowest BCUT2D eigenvalue weighted by molar-refractivity contribution is 0.0707. The minimum atomic E-state index is -0.361. The van der Waals surface area contributed by atoms with E-state index in [-0.39, 0.29) is 23.5 Å². The first-order valence-corrected chi connectivity index (χ1v) is 15.4. The predicted octanol–water partition coefficient (Wildman–Crippen LogP) is 6.94. The number of thiazole rings is 1. The largest absolute Gasteiger partial charge is 0.455 e. The molecule has 210 valence electrons. The minimum absolute atomic E-state index is 0.0512. The molecule has 6 rings (SSSR count). The number of hydrogen-bond acceptors (Lipinski definition) is 7. The summed E-state index contributed by atoms with van der Waals surface area (Å²) in [5, 5.41) is 3.92. The summed E-state index contributed by atoms with van der Waals surface area (Å²) in [4.78, 5) is 33.2. The van der Waals surface area contributed by atoms with E-state index in [4.69, 9.17) is 4.42 Å². The number of nitrogens with zero attached hydrogens (tertiary/aromatic N) is 3. The van der Waals surface area contributed by atoms with Gasteiger partial charge >= 0.3 is 0 Å². The lowest BCUT2D eigenvalue weighted by Gasteiger charge is -2.34. The van der Waals surface area contributed by atoms with Crippen molar-refractivity contribution in [3.8, 4) is 11.3 Å². The number of carbonyl (C=O) groups is 2. The highest BCUT2D eigenvalue weighted by molar-refractivity contribution is 7.99. The highest BCUT2D eigenvalue weighted by Gasteiger charge is 2.31. The van der Waals surface area contributed by atoms with Crippen LogP contribution in [0.25, 0.3) is 32.5 Å². The number of rotatable bonds is 6. The highest BCUT2D eigenvalue weighted by Crippen LogP contribution is 2.42. The number of aromatic nitrogens is 1. The number of piperidine rings is 1. The van der Waals surface area contributed by atoms with E-state index in [1.165, 1.54) is 23.5 Å². The smallest absolute Gasteiger partial charge is 0.282 e. The Kier molecular flexibility index (Phi) is 7.44. The number of halogens is 1. The third-order valence-corrected chi connectivity index (χ3v) is 9.41. The van der Waals surface area contributed by atoms with Crippen molar-refractivity contribution in [2.75, 3.05) is 37.7 Å². The molecule has 0 unspecified atom stereocenters. The quantitative estimate of drug-likeness (QED) is 0.217. The van der Waals surface area contributed by atoms with E-state index in [2.05, 4.69) is 14.6 Å². The normalized spacial score (nSPS) is 15.4. The number of hydrogen-bond donors (Lipinski definition) is 1. The monoisotopic (exact) mass is 588 g/mol. The molecule has 1 atom stereocenters. The third-order valence-electron chi connectivity index (χ3n) is 7.64. The molecule has 41 heavy (non-hydrogen) atoms. The number of furan rings is 1. The van der Waals surface area contributed by atoms with Gasteiger partial charge in [0.25, 0.3) is 11.8 Å². The van der Waals surface area contributed by atoms with Crippen molar-refractivity contribution in [1.82, 2.24) is 15.2 Å². The summed E-state index contributed by atoms with van der Waals surface area (Å²) in [5.41, 5.74) is 4.45. The molecule has 10 heteroatoms. The molecule has 7 nitrogen and oxygen atoms in total. The molecular formula is C31H29FN4O3S2. The second-order valence-corrected chi connectivity index (χ2v) is 12.0. The number of benzene rings is 3. The van der Waals surface area contributed by atoms with Crippen molar-refractivity contribution in [1.29, 1.82) is 0 Å². The molecule has 1 aliphatic heterocycles. The van der Waals surface area contributed by atoms with Gasteiger partial charge in [-0.15, -0.1) is 11.3 Å². The molecule has 1 saturated heterocycles. The molecule has 0 bridgehead atoms. The molecule has 0 radical (unpaired) electrons. The predicted molar refractivity (Wildman–Crippen MR) is 164 cm³/mol. The number of amides is 2. The first-order chi connectivity index (χ1) is 19.9. The number of para-hydroxylation sites is 1. The number of likely N-dealkylation sites (tertiary alicyclic amines) is 1. The highest BCUT2D eigenvalue weighted by atomic mass is 32.2. The summed E-state index contributed by atoms with van der Waals surface area (Å²) >= 11 is 3.00. The van der Waals surface area contributed by atoms with Crippen LogP contribution in [0.2, 0.25) is 0 Å². The van der Waals surface area contributed by atoms with Gasteiger partial charge in [-0.05, 0) is 60.9 Å². The van der Waals surface area contributed by atoms with E-state index in [0.29, 0.717) is 46.0 Å². The molecule has 0 saturated carbocycles. The van der Waals surface area contributed by atoms with Crippen molar-refractivity contribution in [3.05, 3.63) is 82.6 Å². The first kappa shape index (κ1) is 27.3. The standard InChI is InChI=1S/C31H29FN4O3S2/c1-33-29(37)27-22-15-21(24(35(2)40-3)16-25(22)39-28(27)18-10-12-20(32)13-11-18)19-7-6-14-36(17-19)31(38)30-34-23-8-4-5-9-26(23)41-30/h4-5,8-13,15-16,19H,6-7,14,17H2,1-3H3,(H,33,37)/t19-/m1/s1. The Morgan fingerprint density at radius 3 is 2.68 bits per heavy atom. The van der Waals surface area contributed by atoms with E-state index >= 15 is 0 Å². The Bertz CT molecular complexity index is 1730. The molecule has 2 amide bonds. The maximum absolute atomic E-state index is 13.7. The van der Waals surface area contributed by atoms with Crippen LogP contribution in [0.5, 0.6) is 0 Å². The van der Waals surface area contributed by atoms with Gasteiger partial charge in [-0.3, -0.25) is 9.59 Å². The van der Waals surface area contributed by atoms with Crippen LogP contribution in [-0.2, 0) is 0 Å². The zero-order valence-electron chi connectivity index (χ0n) is 22.9. The maximum Gasteiger partial charge on any atom is 0.282 e. The van der Waals surface area contributed by atoms with Gasteiger partial charge in [-0.2, -0.15) is 0 Å². The van der Waals surface area contributed by atoms with Gasteiger partial charge in [0.2, 0.25) is 0 Å². The van der Waals surface area contributed by atoms with Gasteiger partial charge in [-0.25, -0.2) is 9.37 Å². The second-order valence-electron chi connectivity index (χ2n) is 10.1. The fraction of sp³-hybridized carbons (Fsp3) is 0.258. The zero-order chi connectivity index (χ0) is 28.7. The second kappa shape index (κ2) is 11.2. The van der Waals surface area contributed by atoms with Crippen LogP contribution in [0.4, 0.5) is 10.1 Å². The summed E-state index contributed by atoms with van der Waals surface area (Å²) in [6, 6.07) is 17.7. The third kappa shape index (κ3) is 5.06. The fourth-order valence-corrected chi connectivity index (χ4v) is 6.80. The van der Waals surface area contributed by atoms with Crippen LogP contribution in [0.15, 0.2) is 65.1 Å². The summed E-state index contributed by atoms with van der Waals surface area (Å²) in [5.74, 6) is -0.246. The number of anilines is 1. The Labute approximate surface area is 245 Å². The van der Waals surface area contributed by atoms with Gasteiger partial charge < -0.3 is 18.9 Å². The number of carbonyl (C=O) groups excluding carboxylic acids is 2. The van der Waals surface area contributed by atoms with E-state index in [0.717, 1.165) is 34.3 Å². The van der Waals surface area contributed by atoms with Gasteiger partial charge in [-0.1, -0.05) is 24.1 Å². The average molecular weight is 589 g/mol. The maximum atomic E-state index is 13.7. The van der Waals surface area contributed by atoms with Gasteiger partial charge in [0, 0.05) is 56.4 Å². The SMILES string of the molecule is CNC(=O)c1c(-c2ccc(F)cc2)oc2cc(N(C)SC)c([C@@H]3CCCN(C(=O)c4nc5ccccc5s4)C3)cc12. The number of fused-ring (bicyclic) bond motifs is 2. The van der Waals surface area contributed by atoms with Crippen molar-refractivity contribution in [2.24, 2.45) is 0 Å².